The fraction of sp³-hybridized carbons (Fsp3) is 0.222. The van der Waals surface area contributed by atoms with Crippen LogP contribution in [-0.2, 0) is 10.9 Å². The van der Waals surface area contributed by atoms with Gasteiger partial charge in [-0.05, 0) is 34.1 Å². The molecule has 0 radical (unpaired) electrons. The second-order valence-corrected chi connectivity index (χ2v) is 3.85. The first-order valence-electron chi connectivity index (χ1n) is 3.96. The summed E-state index contributed by atoms with van der Waals surface area (Å²) >= 11 is 2.97. The minimum Gasteiger partial charge on any atom is -0.442 e. The summed E-state index contributed by atoms with van der Waals surface area (Å²) in [6, 6.07) is 2.91. The van der Waals surface area contributed by atoms with Gasteiger partial charge in [0.1, 0.15) is 0 Å². The zero-order valence-electron chi connectivity index (χ0n) is 7.14. The number of carbonyl (C=O) groups is 1. The van der Waals surface area contributed by atoms with Crippen LogP contribution in [-0.4, -0.2) is 5.97 Å². The number of alkyl halides is 4. The minimum atomic E-state index is -4.41. The number of benzene rings is 1. The van der Waals surface area contributed by atoms with Gasteiger partial charge in [-0.2, -0.15) is 13.2 Å². The number of hydrogen-bond donors (Lipinski definition) is 0. The van der Waals surface area contributed by atoms with E-state index in [9.17, 15) is 18.0 Å². The molecule has 1 aromatic rings. The Bertz CT molecular complexity index is 428. The number of hydrogen-bond acceptors (Lipinski definition) is 2. The highest BCUT2D eigenvalue weighted by molar-refractivity contribution is 9.09. The van der Waals surface area contributed by atoms with Crippen LogP contribution in [0.2, 0.25) is 0 Å². The van der Waals surface area contributed by atoms with Gasteiger partial charge in [0.2, 0.25) is 0 Å². The molecular formula is C9H4BrF3O2. The molecule has 0 bridgehead atoms. The molecule has 1 aromatic carbocycles. The molecule has 0 spiro atoms. The Kier molecular flexibility index (Phi) is 2.26. The topological polar surface area (TPSA) is 26.3 Å². The van der Waals surface area contributed by atoms with Gasteiger partial charge in [-0.15, -0.1) is 0 Å². The van der Waals surface area contributed by atoms with Crippen LogP contribution >= 0.6 is 15.9 Å². The maximum Gasteiger partial charge on any atom is 0.416 e. The molecule has 6 heteroatoms. The Labute approximate surface area is 91.2 Å². The summed E-state index contributed by atoms with van der Waals surface area (Å²) < 4.78 is 41.7. The van der Waals surface area contributed by atoms with Gasteiger partial charge < -0.3 is 4.74 Å². The van der Waals surface area contributed by atoms with E-state index in [-0.39, 0.29) is 11.1 Å². The summed E-state index contributed by atoms with van der Waals surface area (Å²) in [7, 11) is 0. The maximum atomic E-state index is 12.3. The summed E-state index contributed by atoms with van der Waals surface area (Å²) in [4.78, 5) is 11.1. The van der Waals surface area contributed by atoms with E-state index in [1.54, 1.807) is 0 Å². The Hall–Kier alpha value is -1.04. The van der Waals surface area contributed by atoms with Crippen molar-refractivity contribution in [3.63, 3.8) is 0 Å². The molecule has 0 aliphatic carbocycles. The van der Waals surface area contributed by atoms with Crippen molar-refractivity contribution < 1.29 is 22.7 Å². The summed E-state index contributed by atoms with van der Waals surface area (Å²) in [5.41, 5.74) is -0.399. The van der Waals surface area contributed by atoms with Crippen LogP contribution in [0.1, 0.15) is 26.5 Å². The largest absolute Gasteiger partial charge is 0.442 e. The van der Waals surface area contributed by atoms with Crippen molar-refractivity contribution in [3.8, 4) is 0 Å². The smallest absolute Gasteiger partial charge is 0.416 e. The van der Waals surface area contributed by atoms with Crippen LogP contribution in [0.25, 0.3) is 0 Å². The summed E-state index contributed by atoms with van der Waals surface area (Å²) in [5, 5.41) is -0.790. The highest BCUT2D eigenvalue weighted by Gasteiger charge is 2.35. The maximum absolute atomic E-state index is 12.3. The monoisotopic (exact) mass is 280 g/mol. The number of esters is 1. The lowest BCUT2D eigenvalue weighted by Gasteiger charge is -2.07. The van der Waals surface area contributed by atoms with Crippen molar-refractivity contribution in [1.29, 1.82) is 0 Å². The molecule has 1 aliphatic rings. The zero-order valence-corrected chi connectivity index (χ0v) is 8.72. The predicted molar refractivity (Wildman–Crippen MR) is 48.5 cm³/mol. The van der Waals surface area contributed by atoms with Gasteiger partial charge in [0.15, 0.2) is 5.01 Å². The van der Waals surface area contributed by atoms with Gasteiger partial charge in [0.25, 0.3) is 0 Å². The molecule has 1 heterocycles. The molecule has 1 atom stereocenters. The third-order valence-electron chi connectivity index (χ3n) is 2.05. The predicted octanol–water partition coefficient (Wildman–Crippen LogP) is 3.27. The lowest BCUT2D eigenvalue weighted by Crippen LogP contribution is -2.05. The molecule has 0 saturated heterocycles. The first-order chi connectivity index (χ1) is 6.89. The average molecular weight is 281 g/mol. The molecule has 0 fully saturated rings. The van der Waals surface area contributed by atoms with E-state index in [1.807, 2.05) is 0 Å². The Morgan fingerprint density at radius 2 is 2.00 bits per heavy atom. The number of carbonyl (C=O) groups excluding carboxylic acids is 1. The van der Waals surface area contributed by atoms with E-state index in [0.29, 0.717) is 0 Å². The highest BCUT2D eigenvalue weighted by atomic mass is 79.9. The van der Waals surface area contributed by atoms with Crippen molar-refractivity contribution >= 4 is 21.9 Å². The van der Waals surface area contributed by atoms with Gasteiger partial charge in [-0.1, -0.05) is 0 Å². The van der Waals surface area contributed by atoms with E-state index >= 15 is 0 Å². The number of halogens is 4. The lowest BCUT2D eigenvalue weighted by molar-refractivity contribution is -0.137. The number of rotatable bonds is 0. The Morgan fingerprint density at radius 1 is 1.33 bits per heavy atom. The van der Waals surface area contributed by atoms with Crippen LogP contribution in [0.4, 0.5) is 13.2 Å². The highest BCUT2D eigenvalue weighted by Crippen LogP contribution is 2.39. The van der Waals surface area contributed by atoms with Crippen LogP contribution in [0, 0.1) is 0 Å². The van der Waals surface area contributed by atoms with Crippen LogP contribution in [0.15, 0.2) is 18.2 Å². The summed E-state index contributed by atoms with van der Waals surface area (Å²) in [5.74, 6) is -0.611. The van der Waals surface area contributed by atoms with Crippen molar-refractivity contribution in [2.45, 2.75) is 11.2 Å². The van der Waals surface area contributed by atoms with E-state index in [1.165, 1.54) is 0 Å². The second kappa shape index (κ2) is 3.23. The lowest BCUT2D eigenvalue weighted by atomic mass is 10.1. The van der Waals surface area contributed by atoms with Crippen LogP contribution in [0.5, 0.6) is 0 Å². The van der Waals surface area contributed by atoms with Gasteiger partial charge in [-0.3, -0.25) is 0 Å². The quantitative estimate of drug-likeness (QED) is 0.539. The average Bonchev–Trinajstić information content (AvgIpc) is 2.41. The molecule has 1 unspecified atom stereocenters. The van der Waals surface area contributed by atoms with E-state index in [4.69, 9.17) is 4.74 Å². The zero-order chi connectivity index (χ0) is 11.2. The summed E-state index contributed by atoms with van der Waals surface area (Å²) in [6.45, 7) is 0. The number of fused-ring (bicyclic) bond motifs is 1. The molecule has 0 amide bonds. The normalized spacial score (nSPS) is 20.0. The summed E-state index contributed by atoms with van der Waals surface area (Å²) in [6.07, 6.45) is -4.41. The van der Waals surface area contributed by atoms with Crippen molar-refractivity contribution in [2.24, 2.45) is 0 Å². The molecule has 0 saturated carbocycles. The Morgan fingerprint density at radius 3 is 2.60 bits per heavy atom. The van der Waals surface area contributed by atoms with Crippen molar-refractivity contribution in [2.75, 3.05) is 0 Å². The third kappa shape index (κ3) is 1.73. The number of ether oxygens (including phenoxy) is 1. The molecule has 80 valence electrons. The van der Waals surface area contributed by atoms with Crippen LogP contribution in [0.3, 0.4) is 0 Å². The number of cyclic esters (lactones) is 1. The fourth-order valence-electron chi connectivity index (χ4n) is 1.33. The molecular weight excluding hydrogens is 277 g/mol. The van der Waals surface area contributed by atoms with E-state index < -0.39 is 22.7 Å². The van der Waals surface area contributed by atoms with E-state index in [2.05, 4.69) is 15.9 Å². The SMILES string of the molecule is O=C1OC(Br)c2cc(C(F)(F)F)ccc21. The van der Waals surface area contributed by atoms with E-state index in [0.717, 1.165) is 18.2 Å². The minimum absolute atomic E-state index is 0.171. The van der Waals surface area contributed by atoms with Gasteiger partial charge >= 0.3 is 12.1 Å². The third-order valence-corrected chi connectivity index (χ3v) is 2.73. The van der Waals surface area contributed by atoms with Gasteiger partial charge in [0, 0.05) is 5.56 Å². The second-order valence-electron chi connectivity index (χ2n) is 3.02. The molecule has 1 aliphatic heterocycles. The Balaban J connectivity index is 2.52. The first kappa shape index (κ1) is 10.5. The van der Waals surface area contributed by atoms with Gasteiger partial charge in [-0.25, -0.2) is 4.79 Å². The molecule has 2 rings (SSSR count). The van der Waals surface area contributed by atoms with Crippen molar-refractivity contribution in [3.05, 3.63) is 34.9 Å². The first-order valence-corrected chi connectivity index (χ1v) is 4.87. The van der Waals surface area contributed by atoms with Crippen molar-refractivity contribution in [1.82, 2.24) is 0 Å². The molecule has 2 nitrogen and oxygen atoms in total. The standard InChI is InChI=1S/C9H4BrF3O2/c10-7-6-3-4(9(11,12)13)1-2-5(6)8(14)15-7/h1-3,7H. The fourth-order valence-corrected chi connectivity index (χ4v) is 1.88. The molecule has 0 aromatic heterocycles. The van der Waals surface area contributed by atoms with Gasteiger partial charge in [0.05, 0.1) is 11.1 Å². The molecule has 15 heavy (non-hydrogen) atoms. The molecule has 0 N–H and O–H groups in total. The van der Waals surface area contributed by atoms with Crippen LogP contribution < -0.4 is 0 Å².